The van der Waals surface area contributed by atoms with Gasteiger partial charge < -0.3 is 4.57 Å². The molecule has 0 atom stereocenters. The minimum absolute atomic E-state index is 0.436. The average molecular weight is 361 g/mol. The lowest BCUT2D eigenvalue weighted by Crippen LogP contribution is -2.22. The van der Waals surface area contributed by atoms with Crippen LogP contribution in [0.4, 0.5) is 0 Å². The fraction of sp³-hybridized carbons (Fsp3) is 0.375. The van der Waals surface area contributed by atoms with Crippen molar-refractivity contribution in [3.8, 4) is 0 Å². The van der Waals surface area contributed by atoms with Gasteiger partial charge in [0.1, 0.15) is 5.15 Å². The lowest BCUT2D eigenvalue weighted by atomic mass is 10.2. The van der Waals surface area contributed by atoms with E-state index < -0.39 is 0 Å². The highest BCUT2D eigenvalue weighted by Crippen LogP contribution is 2.22. The number of hydrogen-bond donors (Lipinski definition) is 0. The molecule has 24 heavy (non-hydrogen) atoms. The molecular weight excluding hydrogens is 344 g/mol. The number of thioether (sulfide) groups is 1. The van der Waals surface area contributed by atoms with Gasteiger partial charge in [-0.2, -0.15) is 9.50 Å². The number of aryl methyl sites for hydroxylation is 1. The first-order valence-electron chi connectivity index (χ1n) is 7.79. The number of aromatic nitrogens is 5. The molecule has 0 amide bonds. The van der Waals surface area contributed by atoms with Crippen LogP contribution in [0.25, 0.3) is 5.78 Å². The van der Waals surface area contributed by atoms with Gasteiger partial charge in [0.05, 0.1) is 12.6 Å². The Hall–Kier alpha value is -1.86. The third-order valence-corrected chi connectivity index (χ3v) is 4.73. The second kappa shape index (κ2) is 6.22. The zero-order chi connectivity index (χ0) is 16.7. The summed E-state index contributed by atoms with van der Waals surface area (Å²) in [7, 11) is 0. The molecule has 0 aliphatic heterocycles. The van der Waals surface area contributed by atoms with Gasteiger partial charge in [-0.05, 0) is 37.7 Å². The molecule has 8 heteroatoms. The van der Waals surface area contributed by atoms with E-state index in [0.29, 0.717) is 17.7 Å². The summed E-state index contributed by atoms with van der Waals surface area (Å²) < 4.78 is 3.98. The molecule has 1 aliphatic carbocycles. The van der Waals surface area contributed by atoms with E-state index in [9.17, 15) is 0 Å². The van der Waals surface area contributed by atoms with Crippen LogP contribution >= 0.6 is 23.4 Å². The molecule has 124 valence electrons. The predicted octanol–water partition coefficient (Wildman–Crippen LogP) is 2.72. The number of pyridine rings is 1. The predicted molar refractivity (Wildman–Crippen MR) is 94.4 cm³/mol. The van der Waals surface area contributed by atoms with E-state index in [1.165, 1.54) is 11.8 Å². The molecule has 0 radical (unpaired) electrons. The van der Waals surface area contributed by atoms with Gasteiger partial charge in [-0.1, -0.05) is 29.4 Å². The molecule has 3 heterocycles. The van der Waals surface area contributed by atoms with Crippen molar-refractivity contribution in [2.24, 2.45) is 4.99 Å². The van der Waals surface area contributed by atoms with Gasteiger partial charge in [0.2, 0.25) is 10.9 Å². The smallest absolute Gasteiger partial charge is 0.235 e. The maximum Gasteiger partial charge on any atom is 0.235 e. The third kappa shape index (κ3) is 3.06. The lowest BCUT2D eigenvalue weighted by molar-refractivity contribution is 0.713. The average Bonchev–Trinajstić information content (AvgIpc) is 3.28. The minimum atomic E-state index is 0.436. The van der Waals surface area contributed by atoms with Gasteiger partial charge in [0.25, 0.3) is 0 Å². The van der Waals surface area contributed by atoms with E-state index in [1.54, 1.807) is 12.3 Å². The Kier molecular flexibility index (Phi) is 4.05. The first-order chi connectivity index (χ1) is 11.6. The lowest BCUT2D eigenvalue weighted by Gasteiger charge is -2.12. The Morgan fingerprint density at radius 2 is 2.21 bits per heavy atom. The SMILES string of the molecule is CSc1nc2n(Cc3ccc(Cl)nc3)c(C)c/c(=N\C3CC3)n2n1. The van der Waals surface area contributed by atoms with Crippen molar-refractivity contribution in [3.05, 3.63) is 46.3 Å². The summed E-state index contributed by atoms with van der Waals surface area (Å²) in [4.78, 5) is 13.6. The van der Waals surface area contributed by atoms with Gasteiger partial charge >= 0.3 is 0 Å². The largest absolute Gasteiger partial charge is 0.310 e. The zero-order valence-electron chi connectivity index (χ0n) is 13.5. The van der Waals surface area contributed by atoms with Crippen LogP contribution in [0.1, 0.15) is 24.1 Å². The van der Waals surface area contributed by atoms with E-state index >= 15 is 0 Å². The van der Waals surface area contributed by atoms with E-state index in [4.69, 9.17) is 16.6 Å². The number of fused-ring (bicyclic) bond motifs is 1. The van der Waals surface area contributed by atoms with Crippen LogP contribution in [0.2, 0.25) is 5.15 Å². The summed E-state index contributed by atoms with van der Waals surface area (Å²) in [5, 5.41) is 5.83. The van der Waals surface area contributed by atoms with Gasteiger partial charge in [-0.15, -0.1) is 5.10 Å². The Bertz CT molecular complexity index is 955. The fourth-order valence-corrected chi connectivity index (χ4v) is 2.99. The van der Waals surface area contributed by atoms with Crippen molar-refractivity contribution in [1.29, 1.82) is 0 Å². The molecule has 0 saturated heterocycles. The molecule has 1 fully saturated rings. The summed E-state index contributed by atoms with van der Waals surface area (Å²) in [5.41, 5.74) is 3.04. The van der Waals surface area contributed by atoms with Crippen molar-refractivity contribution in [3.63, 3.8) is 0 Å². The summed E-state index contributed by atoms with van der Waals surface area (Å²) in [5.74, 6) is 0.800. The van der Waals surface area contributed by atoms with Crippen molar-refractivity contribution in [1.82, 2.24) is 24.1 Å². The first kappa shape index (κ1) is 15.7. The molecular formula is C16H17ClN6S. The van der Waals surface area contributed by atoms with Crippen molar-refractivity contribution in [2.75, 3.05) is 6.26 Å². The topological polar surface area (TPSA) is 60.4 Å². The molecule has 0 unspecified atom stereocenters. The molecule has 3 aromatic heterocycles. The highest BCUT2D eigenvalue weighted by Gasteiger charge is 2.20. The van der Waals surface area contributed by atoms with Crippen LogP contribution < -0.4 is 5.49 Å². The second-order valence-electron chi connectivity index (χ2n) is 5.89. The molecule has 0 aromatic carbocycles. The molecule has 1 saturated carbocycles. The van der Waals surface area contributed by atoms with Crippen LogP contribution in [0.15, 0.2) is 34.5 Å². The van der Waals surface area contributed by atoms with Crippen LogP contribution in [-0.2, 0) is 6.54 Å². The van der Waals surface area contributed by atoms with E-state index in [1.807, 2.05) is 16.8 Å². The highest BCUT2D eigenvalue weighted by atomic mass is 35.5. The van der Waals surface area contributed by atoms with E-state index in [0.717, 1.165) is 40.5 Å². The normalized spacial score (nSPS) is 15.4. The summed E-state index contributed by atoms with van der Waals surface area (Å²) >= 11 is 7.41. The number of hydrogen-bond acceptors (Lipinski definition) is 5. The number of nitrogens with zero attached hydrogens (tertiary/aromatic N) is 6. The van der Waals surface area contributed by atoms with Crippen molar-refractivity contribution >= 4 is 29.1 Å². The third-order valence-electron chi connectivity index (χ3n) is 3.97. The van der Waals surface area contributed by atoms with Gasteiger partial charge in [0, 0.05) is 18.0 Å². The fourth-order valence-electron chi connectivity index (χ4n) is 2.54. The Morgan fingerprint density at radius 1 is 1.38 bits per heavy atom. The summed E-state index contributed by atoms with van der Waals surface area (Å²) in [6.07, 6.45) is 6.10. The standard InChI is InChI=1S/C16H17ClN6S/c1-10-7-14(19-12-4-5-12)23-16(20-15(21-23)24-2)22(10)9-11-3-6-13(17)18-8-11/h3,6-8,12H,4-5,9H2,1-2H3/b19-14+. The highest BCUT2D eigenvalue weighted by molar-refractivity contribution is 7.98. The summed E-state index contributed by atoms with van der Waals surface area (Å²) in [6.45, 7) is 2.73. The Labute approximate surface area is 148 Å². The van der Waals surface area contributed by atoms with Crippen LogP contribution in [0.5, 0.6) is 0 Å². The number of rotatable bonds is 4. The molecule has 6 nitrogen and oxygen atoms in total. The number of halogens is 1. The van der Waals surface area contributed by atoms with Crippen LogP contribution in [0.3, 0.4) is 0 Å². The molecule has 3 aromatic rings. The second-order valence-corrected chi connectivity index (χ2v) is 7.05. The van der Waals surface area contributed by atoms with Crippen LogP contribution in [0, 0.1) is 6.92 Å². The Morgan fingerprint density at radius 3 is 2.88 bits per heavy atom. The van der Waals surface area contributed by atoms with E-state index in [2.05, 4.69) is 32.6 Å². The van der Waals surface area contributed by atoms with Crippen molar-refractivity contribution < 1.29 is 0 Å². The molecule has 4 rings (SSSR count). The minimum Gasteiger partial charge on any atom is -0.310 e. The van der Waals surface area contributed by atoms with Gasteiger partial charge in [-0.25, -0.2) is 4.98 Å². The molecule has 0 bridgehead atoms. The maximum absolute atomic E-state index is 5.88. The molecule has 0 spiro atoms. The van der Waals surface area contributed by atoms with Crippen molar-refractivity contribution in [2.45, 2.75) is 37.5 Å². The zero-order valence-corrected chi connectivity index (χ0v) is 15.0. The summed E-state index contributed by atoms with van der Waals surface area (Å²) in [6, 6.07) is 6.30. The van der Waals surface area contributed by atoms with Gasteiger partial charge in [0.15, 0.2) is 5.49 Å². The Balaban J connectivity index is 1.86. The monoisotopic (exact) mass is 360 g/mol. The quantitative estimate of drug-likeness (QED) is 0.530. The first-order valence-corrected chi connectivity index (χ1v) is 9.40. The molecule has 0 N–H and O–H groups in total. The van der Waals surface area contributed by atoms with Gasteiger partial charge in [-0.3, -0.25) is 4.99 Å². The van der Waals surface area contributed by atoms with E-state index in [-0.39, 0.29) is 0 Å². The molecule has 1 aliphatic rings. The van der Waals surface area contributed by atoms with Crippen LogP contribution in [-0.4, -0.2) is 36.4 Å². The maximum atomic E-state index is 5.88.